The summed E-state index contributed by atoms with van der Waals surface area (Å²) in [5, 5.41) is 2.64. The van der Waals surface area contributed by atoms with Crippen LogP contribution in [0, 0.1) is 0 Å². The molecule has 0 aliphatic carbocycles. The maximum absolute atomic E-state index is 11.8. The number of fused-ring (bicyclic) bond motifs is 3. The number of nitrogens with two attached hydrogens (primary N) is 1. The Morgan fingerprint density at radius 3 is 2.83 bits per heavy atom. The molecule has 1 aromatic heterocycles. The predicted molar refractivity (Wildman–Crippen MR) is 112 cm³/mol. The molecule has 154 valence electrons. The first-order chi connectivity index (χ1) is 13.8. The van der Waals surface area contributed by atoms with Gasteiger partial charge in [-0.3, -0.25) is 5.32 Å². The van der Waals surface area contributed by atoms with Crippen molar-refractivity contribution < 1.29 is 19.0 Å². The molecule has 2 aromatic rings. The quantitative estimate of drug-likeness (QED) is 0.678. The van der Waals surface area contributed by atoms with Gasteiger partial charge in [0.05, 0.1) is 12.3 Å². The summed E-state index contributed by atoms with van der Waals surface area (Å²) in [6.45, 7) is 10.4. The summed E-state index contributed by atoms with van der Waals surface area (Å²) < 4.78 is 16.8. The number of benzene rings is 1. The van der Waals surface area contributed by atoms with Gasteiger partial charge in [0.15, 0.2) is 0 Å². The second-order valence-corrected chi connectivity index (χ2v) is 7.47. The Morgan fingerprint density at radius 2 is 2.10 bits per heavy atom. The number of ether oxygens (including phenoxy) is 3. The average molecular weight is 397 g/mol. The zero-order valence-corrected chi connectivity index (χ0v) is 17.0. The number of hydrogen-bond acceptors (Lipinski definition) is 6. The third kappa shape index (κ3) is 5.48. The van der Waals surface area contributed by atoms with Gasteiger partial charge in [-0.15, -0.1) is 0 Å². The number of carbonyl (C=O) groups excluding carboxylic acids is 1. The van der Waals surface area contributed by atoms with Crippen LogP contribution in [0.1, 0.15) is 32.8 Å². The van der Waals surface area contributed by atoms with Crippen molar-refractivity contribution in [1.82, 2.24) is 4.98 Å². The van der Waals surface area contributed by atoms with Gasteiger partial charge in [-0.2, -0.15) is 0 Å². The Morgan fingerprint density at radius 1 is 1.31 bits per heavy atom. The summed E-state index contributed by atoms with van der Waals surface area (Å²) in [5.74, 6) is 1.81. The number of aromatic nitrogens is 1. The Hall–Kier alpha value is -3.06. The topological polar surface area (TPSA) is 95.7 Å². The van der Waals surface area contributed by atoms with Crippen LogP contribution < -0.4 is 20.5 Å². The fourth-order valence-corrected chi connectivity index (χ4v) is 3.08. The van der Waals surface area contributed by atoms with Crippen molar-refractivity contribution in [2.45, 2.75) is 45.9 Å². The van der Waals surface area contributed by atoms with E-state index in [1.165, 1.54) is 0 Å². The molecule has 1 aliphatic heterocycles. The standard InChI is InChI=1S/C22H27N3O4/c1-13(2)29-22(26)25-21-9-19-18-6-5-17(27-11-14(3)7-15(4)23)8-16(18)12-28-20(19)10-24-21/h5-6,8-10,13,15H,3,7,11-12,23H2,1-2,4H3,(H,24,25,26). The fraction of sp³-hybridized carbons (Fsp3) is 0.364. The minimum Gasteiger partial charge on any atom is -0.489 e. The Kier molecular flexibility index (Phi) is 6.39. The summed E-state index contributed by atoms with van der Waals surface area (Å²) >= 11 is 0. The van der Waals surface area contributed by atoms with E-state index >= 15 is 0 Å². The molecule has 1 unspecified atom stereocenters. The SMILES string of the molecule is C=C(COc1ccc2c(c1)COc1cnc(NC(=O)OC(C)C)cc1-2)CC(C)N. The van der Waals surface area contributed by atoms with E-state index in [1.807, 2.05) is 25.1 Å². The Bertz CT molecular complexity index is 909. The van der Waals surface area contributed by atoms with Gasteiger partial charge >= 0.3 is 6.09 Å². The van der Waals surface area contributed by atoms with Crippen LogP contribution in [0.3, 0.4) is 0 Å². The van der Waals surface area contributed by atoms with E-state index in [0.29, 0.717) is 24.8 Å². The maximum atomic E-state index is 11.8. The molecule has 0 saturated carbocycles. The van der Waals surface area contributed by atoms with Crippen LogP contribution in [0.25, 0.3) is 11.1 Å². The summed E-state index contributed by atoms with van der Waals surface area (Å²) in [7, 11) is 0. The third-order valence-electron chi connectivity index (χ3n) is 4.24. The number of hydrogen-bond donors (Lipinski definition) is 2. The molecule has 3 rings (SSSR count). The molecule has 0 fully saturated rings. The first-order valence-corrected chi connectivity index (χ1v) is 9.60. The second kappa shape index (κ2) is 8.96. The molecule has 2 heterocycles. The molecular formula is C22H27N3O4. The maximum Gasteiger partial charge on any atom is 0.413 e. The van der Waals surface area contributed by atoms with Gasteiger partial charge in [-0.1, -0.05) is 12.6 Å². The van der Waals surface area contributed by atoms with Crippen molar-refractivity contribution in [3.8, 4) is 22.6 Å². The Labute approximate surface area is 170 Å². The highest BCUT2D eigenvalue weighted by Crippen LogP contribution is 2.39. The van der Waals surface area contributed by atoms with E-state index in [0.717, 1.165) is 34.4 Å². The summed E-state index contributed by atoms with van der Waals surface area (Å²) in [4.78, 5) is 16.1. The molecule has 0 spiro atoms. The zero-order valence-electron chi connectivity index (χ0n) is 17.0. The van der Waals surface area contributed by atoms with Crippen molar-refractivity contribution in [1.29, 1.82) is 0 Å². The Balaban J connectivity index is 1.75. The highest BCUT2D eigenvalue weighted by Gasteiger charge is 2.20. The number of rotatable bonds is 7. The molecule has 29 heavy (non-hydrogen) atoms. The lowest BCUT2D eigenvalue weighted by molar-refractivity contribution is 0.130. The van der Waals surface area contributed by atoms with E-state index in [2.05, 4.69) is 16.9 Å². The van der Waals surface area contributed by atoms with Crippen LogP contribution in [0.5, 0.6) is 11.5 Å². The van der Waals surface area contributed by atoms with E-state index in [4.69, 9.17) is 19.9 Å². The lowest BCUT2D eigenvalue weighted by Crippen LogP contribution is -2.19. The highest BCUT2D eigenvalue weighted by molar-refractivity contribution is 5.86. The van der Waals surface area contributed by atoms with Crippen LogP contribution in [0.4, 0.5) is 10.6 Å². The van der Waals surface area contributed by atoms with Crippen LogP contribution in [0.2, 0.25) is 0 Å². The molecule has 3 N–H and O–H groups in total. The van der Waals surface area contributed by atoms with Crippen molar-refractivity contribution >= 4 is 11.9 Å². The van der Waals surface area contributed by atoms with Crippen LogP contribution >= 0.6 is 0 Å². The first kappa shape index (κ1) is 20.7. The van der Waals surface area contributed by atoms with E-state index in [-0.39, 0.29) is 12.1 Å². The zero-order chi connectivity index (χ0) is 21.0. The normalized spacial score (nSPS) is 13.0. The molecular weight excluding hydrogens is 370 g/mol. The number of carbonyl (C=O) groups is 1. The summed E-state index contributed by atoms with van der Waals surface area (Å²) in [6, 6.07) is 7.69. The molecule has 0 radical (unpaired) electrons. The molecule has 1 atom stereocenters. The number of pyridine rings is 1. The van der Waals surface area contributed by atoms with Crippen molar-refractivity contribution in [2.24, 2.45) is 5.73 Å². The highest BCUT2D eigenvalue weighted by atomic mass is 16.6. The van der Waals surface area contributed by atoms with Crippen molar-refractivity contribution in [3.05, 3.63) is 48.2 Å². The van der Waals surface area contributed by atoms with E-state index < -0.39 is 6.09 Å². The number of nitrogens with zero attached hydrogens (tertiary/aromatic N) is 1. The lowest BCUT2D eigenvalue weighted by Gasteiger charge is -2.22. The molecule has 1 aromatic carbocycles. The van der Waals surface area contributed by atoms with Gasteiger partial charge in [0, 0.05) is 17.2 Å². The largest absolute Gasteiger partial charge is 0.489 e. The minimum atomic E-state index is -0.542. The van der Waals surface area contributed by atoms with Crippen molar-refractivity contribution in [2.75, 3.05) is 11.9 Å². The smallest absolute Gasteiger partial charge is 0.413 e. The summed E-state index contributed by atoms with van der Waals surface area (Å²) in [5.41, 5.74) is 9.61. The van der Waals surface area contributed by atoms with Gasteiger partial charge < -0.3 is 19.9 Å². The van der Waals surface area contributed by atoms with Gasteiger partial charge in [-0.25, -0.2) is 9.78 Å². The molecule has 0 bridgehead atoms. The number of anilines is 1. The van der Waals surface area contributed by atoms with Gasteiger partial charge in [0.25, 0.3) is 0 Å². The molecule has 1 amide bonds. The molecule has 1 aliphatic rings. The molecule has 0 saturated heterocycles. The molecule has 7 heteroatoms. The van der Waals surface area contributed by atoms with E-state index in [9.17, 15) is 4.79 Å². The van der Waals surface area contributed by atoms with Gasteiger partial charge in [0.2, 0.25) is 0 Å². The van der Waals surface area contributed by atoms with E-state index in [1.54, 1.807) is 26.1 Å². The monoisotopic (exact) mass is 397 g/mol. The van der Waals surface area contributed by atoms with Crippen LogP contribution in [-0.2, 0) is 11.3 Å². The molecule has 7 nitrogen and oxygen atoms in total. The number of amides is 1. The van der Waals surface area contributed by atoms with Crippen LogP contribution in [-0.4, -0.2) is 29.8 Å². The first-order valence-electron chi connectivity index (χ1n) is 9.60. The summed E-state index contributed by atoms with van der Waals surface area (Å²) in [6.07, 6.45) is 1.58. The van der Waals surface area contributed by atoms with Crippen LogP contribution in [0.15, 0.2) is 42.6 Å². The van der Waals surface area contributed by atoms with Crippen molar-refractivity contribution in [3.63, 3.8) is 0 Å². The predicted octanol–water partition coefficient (Wildman–Crippen LogP) is 4.27. The second-order valence-electron chi connectivity index (χ2n) is 7.47. The van der Waals surface area contributed by atoms with Gasteiger partial charge in [0.1, 0.15) is 30.5 Å². The lowest BCUT2D eigenvalue weighted by atomic mass is 9.97. The number of nitrogens with one attached hydrogen (secondary N) is 1. The average Bonchev–Trinajstić information content (AvgIpc) is 2.64. The third-order valence-corrected chi connectivity index (χ3v) is 4.24. The van der Waals surface area contributed by atoms with Gasteiger partial charge in [-0.05, 0) is 56.5 Å². The fourth-order valence-electron chi connectivity index (χ4n) is 3.08. The minimum absolute atomic E-state index is 0.0637.